The van der Waals surface area contributed by atoms with Crippen molar-refractivity contribution >= 4 is 17.9 Å². The van der Waals surface area contributed by atoms with E-state index in [2.05, 4.69) is 16.0 Å². The molecule has 114 valence electrons. The van der Waals surface area contributed by atoms with Gasteiger partial charge in [0.25, 0.3) is 0 Å². The minimum absolute atomic E-state index is 0.0225. The molecule has 0 spiro atoms. The highest BCUT2D eigenvalue weighted by atomic mass is 16.4. The first-order valence-corrected chi connectivity index (χ1v) is 7.06. The summed E-state index contributed by atoms with van der Waals surface area (Å²) >= 11 is 0. The minimum Gasteiger partial charge on any atom is -0.481 e. The number of hydrogen-bond acceptors (Lipinski definition) is 4. The number of urea groups is 1. The lowest BCUT2D eigenvalue weighted by atomic mass is 9.86. The zero-order chi connectivity index (χ0) is 15.0. The fourth-order valence-electron chi connectivity index (χ4n) is 2.29. The van der Waals surface area contributed by atoms with Crippen molar-refractivity contribution in [2.75, 3.05) is 13.1 Å². The van der Waals surface area contributed by atoms with Crippen molar-refractivity contribution in [2.45, 2.75) is 45.1 Å². The van der Waals surface area contributed by atoms with Crippen LogP contribution in [0.25, 0.3) is 0 Å². The van der Waals surface area contributed by atoms with Gasteiger partial charge in [0.2, 0.25) is 5.91 Å². The maximum Gasteiger partial charge on any atom is 0.321 e. The molecule has 0 radical (unpaired) electrons. The van der Waals surface area contributed by atoms with Crippen LogP contribution < -0.4 is 16.0 Å². The highest BCUT2D eigenvalue weighted by molar-refractivity contribution is 5.95. The van der Waals surface area contributed by atoms with Crippen molar-refractivity contribution in [3.8, 4) is 0 Å². The molecule has 0 aromatic carbocycles. The van der Waals surface area contributed by atoms with E-state index in [-0.39, 0.29) is 18.5 Å². The van der Waals surface area contributed by atoms with Gasteiger partial charge in [0, 0.05) is 12.6 Å². The van der Waals surface area contributed by atoms with Crippen molar-refractivity contribution < 1.29 is 19.5 Å². The number of amides is 3. The highest BCUT2D eigenvalue weighted by Gasteiger charge is 2.26. The maximum absolute atomic E-state index is 11.5. The largest absolute Gasteiger partial charge is 0.481 e. The topological polar surface area (TPSA) is 108 Å². The highest BCUT2D eigenvalue weighted by Crippen LogP contribution is 2.24. The summed E-state index contributed by atoms with van der Waals surface area (Å²) in [6.07, 6.45) is 3.73. The first-order chi connectivity index (χ1) is 9.52. The second-order valence-corrected chi connectivity index (χ2v) is 5.08. The molecule has 1 aliphatic rings. The van der Waals surface area contributed by atoms with E-state index in [4.69, 9.17) is 5.11 Å². The van der Waals surface area contributed by atoms with Gasteiger partial charge < -0.3 is 15.7 Å². The molecule has 4 N–H and O–H groups in total. The summed E-state index contributed by atoms with van der Waals surface area (Å²) in [4.78, 5) is 33.7. The van der Waals surface area contributed by atoms with Crippen LogP contribution in [0.15, 0.2) is 0 Å². The summed E-state index contributed by atoms with van der Waals surface area (Å²) in [6, 6.07) is -0.472. The average molecular weight is 285 g/mol. The van der Waals surface area contributed by atoms with Gasteiger partial charge in [-0.25, -0.2) is 4.79 Å². The number of rotatable bonds is 6. The van der Waals surface area contributed by atoms with Crippen LogP contribution in [-0.2, 0) is 9.59 Å². The summed E-state index contributed by atoms with van der Waals surface area (Å²) in [6.45, 7) is 2.47. The van der Waals surface area contributed by atoms with Crippen LogP contribution in [0.3, 0.4) is 0 Å². The Balaban J connectivity index is 2.23. The standard InChI is InChI=1S/C13H23N3O4/c1-2-6-14-13(20)16-11(17)8-15-10-5-3-4-9(7-10)12(18)19/h9-10,15H,2-8H2,1H3,(H,18,19)(H2,14,16,17,20). The fraction of sp³-hybridized carbons (Fsp3) is 0.769. The number of carbonyl (C=O) groups is 3. The third kappa shape index (κ3) is 6.01. The van der Waals surface area contributed by atoms with Crippen LogP contribution in [-0.4, -0.2) is 42.1 Å². The second kappa shape index (κ2) is 8.52. The lowest BCUT2D eigenvalue weighted by Crippen LogP contribution is -2.46. The predicted octanol–water partition coefficient (Wildman–Crippen LogP) is 0.455. The second-order valence-electron chi connectivity index (χ2n) is 5.08. The zero-order valence-electron chi connectivity index (χ0n) is 11.8. The lowest BCUT2D eigenvalue weighted by Gasteiger charge is -2.27. The van der Waals surface area contributed by atoms with Crippen molar-refractivity contribution in [1.82, 2.24) is 16.0 Å². The Morgan fingerprint density at radius 3 is 2.65 bits per heavy atom. The fourth-order valence-corrected chi connectivity index (χ4v) is 2.29. The third-order valence-electron chi connectivity index (χ3n) is 3.36. The van der Waals surface area contributed by atoms with Gasteiger partial charge >= 0.3 is 12.0 Å². The Kier molecular flexibility index (Phi) is 7.00. The van der Waals surface area contributed by atoms with Gasteiger partial charge in [-0.05, 0) is 25.7 Å². The van der Waals surface area contributed by atoms with Crippen LogP contribution in [0.4, 0.5) is 4.79 Å². The molecular weight excluding hydrogens is 262 g/mol. The zero-order valence-corrected chi connectivity index (χ0v) is 11.8. The SMILES string of the molecule is CCCNC(=O)NC(=O)CNC1CCCC(C(=O)O)C1. The average Bonchev–Trinajstić information content (AvgIpc) is 2.43. The van der Waals surface area contributed by atoms with Gasteiger partial charge in [-0.2, -0.15) is 0 Å². The Hall–Kier alpha value is -1.63. The monoisotopic (exact) mass is 285 g/mol. The van der Waals surface area contributed by atoms with Gasteiger partial charge in [0.05, 0.1) is 12.5 Å². The van der Waals surface area contributed by atoms with Crippen molar-refractivity contribution in [1.29, 1.82) is 0 Å². The molecule has 1 rings (SSSR count). The number of hydrogen-bond donors (Lipinski definition) is 4. The Morgan fingerprint density at radius 1 is 1.25 bits per heavy atom. The summed E-state index contributed by atoms with van der Waals surface area (Å²) in [7, 11) is 0. The normalized spacial score (nSPS) is 22.1. The number of nitrogens with one attached hydrogen (secondary N) is 3. The summed E-state index contributed by atoms with van der Waals surface area (Å²) in [5, 5.41) is 16.8. The van der Waals surface area contributed by atoms with E-state index >= 15 is 0 Å². The van der Waals surface area contributed by atoms with Gasteiger partial charge in [0.15, 0.2) is 0 Å². The Labute approximate surface area is 118 Å². The van der Waals surface area contributed by atoms with E-state index < -0.39 is 17.9 Å². The Bertz CT molecular complexity index is 360. The van der Waals surface area contributed by atoms with Crippen molar-refractivity contribution in [3.05, 3.63) is 0 Å². The van der Waals surface area contributed by atoms with Crippen LogP contribution in [0, 0.1) is 5.92 Å². The van der Waals surface area contributed by atoms with Crippen molar-refractivity contribution in [3.63, 3.8) is 0 Å². The molecule has 2 atom stereocenters. The predicted molar refractivity (Wildman–Crippen MR) is 73.2 cm³/mol. The van der Waals surface area contributed by atoms with Gasteiger partial charge in [-0.15, -0.1) is 0 Å². The molecule has 1 saturated carbocycles. The summed E-state index contributed by atoms with van der Waals surface area (Å²) < 4.78 is 0. The lowest BCUT2D eigenvalue weighted by molar-refractivity contribution is -0.143. The maximum atomic E-state index is 11.5. The molecule has 20 heavy (non-hydrogen) atoms. The van der Waals surface area contributed by atoms with E-state index in [1.165, 1.54) is 0 Å². The number of carboxylic acids is 1. The molecule has 0 heterocycles. The minimum atomic E-state index is -0.778. The first kappa shape index (κ1) is 16.4. The van der Waals surface area contributed by atoms with E-state index in [9.17, 15) is 14.4 Å². The molecule has 1 aliphatic carbocycles. The molecule has 2 unspecified atom stereocenters. The molecule has 0 aliphatic heterocycles. The smallest absolute Gasteiger partial charge is 0.321 e. The van der Waals surface area contributed by atoms with E-state index in [1.54, 1.807) is 0 Å². The van der Waals surface area contributed by atoms with Crippen LogP contribution in [0.2, 0.25) is 0 Å². The van der Waals surface area contributed by atoms with E-state index in [0.717, 1.165) is 19.3 Å². The molecule has 1 fully saturated rings. The molecule has 3 amide bonds. The summed E-state index contributed by atoms with van der Waals surface area (Å²) in [5.41, 5.74) is 0. The van der Waals surface area contributed by atoms with Gasteiger partial charge in [0.1, 0.15) is 0 Å². The number of aliphatic carboxylic acids is 1. The molecule has 0 bridgehead atoms. The van der Waals surface area contributed by atoms with Gasteiger partial charge in [-0.3, -0.25) is 14.9 Å². The van der Waals surface area contributed by atoms with Crippen LogP contribution in [0.5, 0.6) is 0 Å². The van der Waals surface area contributed by atoms with Crippen LogP contribution >= 0.6 is 0 Å². The third-order valence-corrected chi connectivity index (χ3v) is 3.36. The summed E-state index contributed by atoms with van der Waals surface area (Å²) in [5.74, 6) is -1.52. The van der Waals surface area contributed by atoms with Crippen molar-refractivity contribution in [2.24, 2.45) is 5.92 Å². The van der Waals surface area contributed by atoms with Gasteiger partial charge in [-0.1, -0.05) is 13.3 Å². The first-order valence-electron chi connectivity index (χ1n) is 7.06. The van der Waals surface area contributed by atoms with E-state index in [0.29, 0.717) is 19.4 Å². The molecular formula is C13H23N3O4. The number of carbonyl (C=O) groups excluding carboxylic acids is 2. The van der Waals surface area contributed by atoms with Crippen LogP contribution in [0.1, 0.15) is 39.0 Å². The molecule has 0 aromatic rings. The molecule has 7 nitrogen and oxygen atoms in total. The molecule has 0 aromatic heterocycles. The number of imide groups is 1. The number of carboxylic acid groups (broad SMARTS) is 1. The van der Waals surface area contributed by atoms with E-state index in [1.807, 2.05) is 6.92 Å². The Morgan fingerprint density at radius 2 is 2.00 bits per heavy atom. The molecule has 0 saturated heterocycles. The molecule has 7 heteroatoms. The quantitative estimate of drug-likeness (QED) is 0.567.